The first-order valence-corrected chi connectivity index (χ1v) is 13.1. The number of nitrogens with two attached hydrogens (primary N) is 1. The van der Waals surface area contributed by atoms with Crippen LogP contribution < -0.4 is 21.1 Å². The Balaban J connectivity index is 1.80. The third-order valence-electron chi connectivity index (χ3n) is 6.12. The number of Topliss-reactive ketones (excluding diaryl/α,β-unsaturated/α-hetero) is 1. The van der Waals surface area contributed by atoms with Crippen molar-refractivity contribution in [3.05, 3.63) is 108 Å². The highest BCUT2D eigenvalue weighted by Gasteiger charge is 2.29. The van der Waals surface area contributed by atoms with Gasteiger partial charge in [0.1, 0.15) is 18.4 Å². The van der Waals surface area contributed by atoms with Gasteiger partial charge in [-0.05, 0) is 28.8 Å². The highest BCUT2D eigenvalue weighted by molar-refractivity contribution is 6.37. The third kappa shape index (κ3) is 10.4. The van der Waals surface area contributed by atoms with Crippen molar-refractivity contribution >= 4 is 29.6 Å². The molecule has 3 aromatic rings. The summed E-state index contributed by atoms with van der Waals surface area (Å²) in [4.78, 5) is 64.3. The number of amides is 4. The molecule has 3 aromatic carbocycles. The maximum atomic E-state index is 13.9. The number of hydrogen-bond acceptors (Lipinski definition) is 7. The van der Waals surface area contributed by atoms with E-state index in [0.717, 1.165) is 17.5 Å². The molecule has 0 aliphatic heterocycles. The van der Waals surface area contributed by atoms with Crippen LogP contribution in [0.4, 0.5) is 4.79 Å². The second-order valence-corrected chi connectivity index (χ2v) is 9.22. The molecule has 219 valence electrons. The van der Waals surface area contributed by atoms with E-state index in [2.05, 4.69) is 15.4 Å². The second kappa shape index (κ2) is 16.2. The summed E-state index contributed by atoms with van der Waals surface area (Å²) in [5.74, 6) is -2.31. The molecule has 1 radical (unpaired) electrons. The Labute approximate surface area is 244 Å². The highest BCUT2D eigenvalue weighted by atomic mass is 16.5. The van der Waals surface area contributed by atoms with Gasteiger partial charge in [0.2, 0.25) is 17.6 Å². The highest BCUT2D eigenvalue weighted by Crippen LogP contribution is 2.15. The summed E-state index contributed by atoms with van der Waals surface area (Å²) in [5, 5.41) is 5.21. The maximum Gasteiger partial charge on any atom is 0.404 e. The van der Waals surface area contributed by atoms with Crippen molar-refractivity contribution < 1.29 is 33.4 Å². The Morgan fingerprint density at radius 1 is 0.857 bits per heavy atom. The van der Waals surface area contributed by atoms with Gasteiger partial charge >= 0.3 is 6.09 Å². The number of nitrogens with zero attached hydrogens (tertiary/aromatic N) is 1. The maximum absolute atomic E-state index is 13.9. The van der Waals surface area contributed by atoms with E-state index >= 15 is 0 Å². The molecule has 11 nitrogen and oxygen atoms in total. The minimum Gasteiger partial charge on any atom is -0.497 e. The summed E-state index contributed by atoms with van der Waals surface area (Å²) < 4.78 is 9.77. The van der Waals surface area contributed by atoms with Crippen LogP contribution in [0.25, 0.3) is 0 Å². The van der Waals surface area contributed by atoms with Gasteiger partial charge in [0, 0.05) is 19.5 Å². The van der Waals surface area contributed by atoms with Crippen LogP contribution in [0.15, 0.2) is 84.9 Å². The number of hydrogen-bond donors (Lipinski definition) is 3. The lowest BCUT2D eigenvalue weighted by Crippen LogP contribution is -2.52. The zero-order valence-electron chi connectivity index (χ0n) is 23.2. The number of rotatable bonds is 15. The minimum absolute atomic E-state index is 0.0147. The van der Waals surface area contributed by atoms with Crippen molar-refractivity contribution in [2.45, 2.75) is 25.6 Å². The summed E-state index contributed by atoms with van der Waals surface area (Å²) in [6.45, 7) is -0.742. The molecule has 0 aromatic heterocycles. The standard InChI is InChI=1S/C31H33N4O7/c1-41-25-14-12-22(13-15-25)18-26(34-28(37)16-17-42-31(32)40)30(39)35(20-24-10-6-3-7-11-24)21-27(36)29(38)33-19-23-8-4-2-5-9-23/h2-16,26H,17-21H2,1H3,(H2,32,40)(H,33,38)(H,34,37)/t26-/m0/s1. The molecule has 4 N–H and O–H groups in total. The zero-order chi connectivity index (χ0) is 30.3. The van der Waals surface area contributed by atoms with E-state index in [-0.39, 0.29) is 19.5 Å². The molecule has 42 heavy (non-hydrogen) atoms. The van der Waals surface area contributed by atoms with Crippen molar-refractivity contribution in [3.63, 3.8) is 0 Å². The molecular weight excluding hydrogens is 540 g/mol. The molecule has 0 aliphatic carbocycles. The number of primary amides is 1. The summed E-state index contributed by atoms with van der Waals surface area (Å²) in [7, 11) is 1.53. The average molecular weight is 574 g/mol. The average Bonchev–Trinajstić information content (AvgIpc) is 3.00. The van der Waals surface area contributed by atoms with Gasteiger partial charge in [0.25, 0.3) is 5.91 Å². The first-order chi connectivity index (χ1) is 20.2. The monoisotopic (exact) mass is 573 g/mol. The van der Waals surface area contributed by atoms with E-state index in [1.54, 1.807) is 48.5 Å². The SMILES string of the molecule is COc1ccc(C[C@H](NC(=O)[CH]COC(N)=O)C(=O)N(CC(=O)C(=O)NCc2ccccc2)Cc2ccccc2)cc1. The molecule has 0 heterocycles. The molecule has 4 amide bonds. The molecule has 0 fully saturated rings. The normalized spacial score (nSPS) is 11.1. The van der Waals surface area contributed by atoms with Gasteiger partial charge in [0.15, 0.2) is 0 Å². The Hall–Kier alpha value is -5.19. The lowest BCUT2D eigenvalue weighted by molar-refractivity contribution is -0.143. The van der Waals surface area contributed by atoms with Crippen LogP contribution in [-0.4, -0.2) is 60.8 Å². The second-order valence-electron chi connectivity index (χ2n) is 9.22. The van der Waals surface area contributed by atoms with Crippen LogP contribution in [0, 0.1) is 6.42 Å². The first-order valence-electron chi connectivity index (χ1n) is 13.1. The lowest BCUT2D eigenvalue weighted by Gasteiger charge is -2.28. The molecular formula is C31H33N4O7. The summed E-state index contributed by atoms with van der Waals surface area (Å²) >= 11 is 0. The zero-order valence-corrected chi connectivity index (χ0v) is 23.2. The molecule has 0 saturated heterocycles. The third-order valence-corrected chi connectivity index (χ3v) is 6.12. The van der Waals surface area contributed by atoms with Crippen molar-refractivity contribution in [1.29, 1.82) is 0 Å². The van der Waals surface area contributed by atoms with Gasteiger partial charge in [-0.25, -0.2) is 4.79 Å². The van der Waals surface area contributed by atoms with Gasteiger partial charge in [-0.2, -0.15) is 0 Å². The Morgan fingerprint density at radius 3 is 2.07 bits per heavy atom. The van der Waals surface area contributed by atoms with Gasteiger partial charge in [-0.3, -0.25) is 19.2 Å². The van der Waals surface area contributed by atoms with Gasteiger partial charge in [0.05, 0.1) is 20.1 Å². The lowest BCUT2D eigenvalue weighted by atomic mass is 10.0. The fourth-order valence-corrected chi connectivity index (χ4v) is 3.99. The van der Waals surface area contributed by atoms with E-state index in [1.165, 1.54) is 12.0 Å². The van der Waals surface area contributed by atoms with Gasteiger partial charge in [-0.15, -0.1) is 0 Å². The van der Waals surface area contributed by atoms with Crippen LogP contribution >= 0.6 is 0 Å². The summed E-state index contributed by atoms with van der Waals surface area (Å²) in [5.41, 5.74) is 7.18. The van der Waals surface area contributed by atoms with Gasteiger partial charge in [-0.1, -0.05) is 72.8 Å². The predicted molar refractivity (Wildman–Crippen MR) is 154 cm³/mol. The molecule has 0 saturated carbocycles. The molecule has 3 rings (SSSR count). The van der Waals surface area contributed by atoms with Crippen molar-refractivity contribution in [2.24, 2.45) is 5.73 Å². The number of ketones is 1. The number of methoxy groups -OCH3 is 1. The molecule has 1 atom stereocenters. The van der Waals surface area contributed by atoms with Crippen molar-refractivity contribution in [1.82, 2.24) is 15.5 Å². The van der Waals surface area contributed by atoms with Crippen LogP contribution in [0.5, 0.6) is 5.75 Å². The van der Waals surface area contributed by atoms with Gasteiger partial charge < -0.3 is 30.7 Å². The Morgan fingerprint density at radius 2 is 1.48 bits per heavy atom. The van der Waals surface area contributed by atoms with Crippen LogP contribution in [0.1, 0.15) is 16.7 Å². The quantitative estimate of drug-likeness (QED) is 0.235. The number of carbonyl (C=O) groups is 5. The Bertz CT molecular complexity index is 1350. The first kappa shape index (κ1) is 31.3. The molecule has 11 heteroatoms. The molecule has 0 aliphatic rings. The predicted octanol–water partition coefficient (Wildman–Crippen LogP) is 1.94. The molecule has 0 spiro atoms. The number of nitrogens with one attached hydrogen (secondary N) is 2. The molecule has 0 unspecified atom stereocenters. The van der Waals surface area contributed by atoms with E-state index in [1.807, 2.05) is 36.4 Å². The van der Waals surface area contributed by atoms with Crippen LogP contribution in [0.3, 0.4) is 0 Å². The summed E-state index contributed by atoms with van der Waals surface area (Å²) in [6.07, 6.45) is 0.0460. The largest absolute Gasteiger partial charge is 0.497 e. The smallest absolute Gasteiger partial charge is 0.404 e. The van der Waals surface area contributed by atoms with E-state index in [4.69, 9.17) is 10.5 Å². The van der Waals surface area contributed by atoms with E-state index < -0.39 is 48.8 Å². The fourth-order valence-electron chi connectivity index (χ4n) is 3.99. The number of ether oxygens (including phenoxy) is 2. The van der Waals surface area contributed by atoms with Crippen molar-refractivity contribution in [3.8, 4) is 5.75 Å². The van der Waals surface area contributed by atoms with E-state index in [0.29, 0.717) is 11.3 Å². The fraction of sp³-hybridized carbons (Fsp3) is 0.226. The number of carbonyl (C=O) groups excluding carboxylic acids is 5. The number of benzene rings is 3. The topological polar surface area (TPSA) is 157 Å². The Kier molecular flexibility index (Phi) is 12.1. The molecule has 0 bridgehead atoms. The minimum atomic E-state index is -1.13. The van der Waals surface area contributed by atoms with Crippen molar-refractivity contribution in [2.75, 3.05) is 20.3 Å². The van der Waals surface area contributed by atoms with E-state index in [9.17, 15) is 24.0 Å². The summed E-state index contributed by atoms with van der Waals surface area (Å²) in [6, 6.07) is 23.9. The van der Waals surface area contributed by atoms with Crippen LogP contribution in [-0.2, 0) is 43.4 Å². The van der Waals surface area contributed by atoms with Crippen LogP contribution in [0.2, 0.25) is 0 Å².